The van der Waals surface area contributed by atoms with Gasteiger partial charge < -0.3 is 5.73 Å². The van der Waals surface area contributed by atoms with Crippen LogP contribution in [0.3, 0.4) is 0 Å². The molecule has 2 N–H and O–H groups in total. The van der Waals surface area contributed by atoms with E-state index in [1.807, 2.05) is 0 Å². The van der Waals surface area contributed by atoms with E-state index < -0.39 is 0 Å². The molecule has 0 saturated carbocycles. The maximum atomic E-state index is 6.09. The molecule has 0 saturated heterocycles. The summed E-state index contributed by atoms with van der Waals surface area (Å²) in [6.07, 6.45) is 2.24. The summed E-state index contributed by atoms with van der Waals surface area (Å²) in [5, 5.41) is 9.04. The smallest absolute Gasteiger partial charge is 0.138 e. The van der Waals surface area contributed by atoms with E-state index in [-0.39, 0.29) is 0 Å². The molecule has 2 rings (SSSR count). The minimum atomic E-state index is 0.511. The highest BCUT2D eigenvalue weighted by Gasteiger charge is 2.09. The fraction of sp³-hybridized carbons (Fsp3) is 0.200. The van der Waals surface area contributed by atoms with E-state index in [1.165, 1.54) is 0 Å². The van der Waals surface area contributed by atoms with Gasteiger partial charge in [0.1, 0.15) is 12.2 Å². The zero-order chi connectivity index (χ0) is 11.5. The monoisotopic (exact) mass is 256 g/mol. The number of hydrogen-bond donors (Lipinski definition) is 1. The van der Waals surface area contributed by atoms with Gasteiger partial charge in [-0.1, -0.05) is 23.2 Å². The average molecular weight is 257 g/mol. The molecule has 0 aliphatic carbocycles. The molecule has 0 atom stereocenters. The third-order valence-electron chi connectivity index (χ3n) is 2.15. The number of nitrogens with two attached hydrogens (primary N) is 1. The fourth-order valence-corrected chi connectivity index (χ4v) is 1.81. The van der Waals surface area contributed by atoms with Crippen molar-refractivity contribution in [2.45, 2.75) is 6.42 Å². The summed E-state index contributed by atoms with van der Waals surface area (Å²) in [4.78, 5) is 0. The van der Waals surface area contributed by atoms with Crippen LogP contribution in [0.4, 0.5) is 0 Å². The van der Waals surface area contributed by atoms with Crippen LogP contribution in [0.1, 0.15) is 5.82 Å². The van der Waals surface area contributed by atoms with Gasteiger partial charge in [-0.15, -0.1) is 10.2 Å². The Morgan fingerprint density at radius 3 is 2.88 bits per heavy atom. The van der Waals surface area contributed by atoms with E-state index in [2.05, 4.69) is 10.2 Å². The summed E-state index contributed by atoms with van der Waals surface area (Å²) in [6.45, 7) is 0.511. The van der Waals surface area contributed by atoms with Crippen LogP contribution < -0.4 is 5.73 Å². The van der Waals surface area contributed by atoms with Gasteiger partial charge >= 0.3 is 0 Å². The Hall–Kier alpha value is -1.10. The van der Waals surface area contributed by atoms with Crippen LogP contribution >= 0.6 is 23.2 Å². The van der Waals surface area contributed by atoms with E-state index in [1.54, 1.807) is 29.1 Å². The third-order valence-corrected chi connectivity index (χ3v) is 2.71. The van der Waals surface area contributed by atoms with Crippen molar-refractivity contribution in [3.63, 3.8) is 0 Å². The van der Waals surface area contributed by atoms with Gasteiger partial charge in [0.25, 0.3) is 0 Å². The van der Waals surface area contributed by atoms with Gasteiger partial charge in [-0.25, -0.2) is 0 Å². The SMILES string of the molecule is NCCc1nncn1-c1cc(Cl)ccc1Cl. The van der Waals surface area contributed by atoms with E-state index in [0.717, 1.165) is 11.5 Å². The minimum Gasteiger partial charge on any atom is -0.330 e. The Morgan fingerprint density at radius 1 is 1.31 bits per heavy atom. The van der Waals surface area contributed by atoms with Gasteiger partial charge in [0, 0.05) is 11.4 Å². The highest BCUT2D eigenvalue weighted by atomic mass is 35.5. The maximum absolute atomic E-state index is 6.09. The van der Waals surface area contributed by atoms with Gasteiger partial charge in [0.15, 0.2) is 0 Å². The molecule has 0 bridgehead atoms. The Balaban J connectivity index is 2.49. The highest BCUT2D eigenvalue weighted by Crippen LogP contribution is 2.24. The van der Waals surface area contributed by atoms with Crippen molar-refractivity contribution in [2.24, 2.45) is 5.73 Å². The van der Waals surface area contributed by atoms with Crippen molar-refractivity contribution in [1.29, 1.82) is 0 Å². The van der Waals surface area contributed by atoms with E-state index in [4.69, 9.17) is 28.9 Å². The second-order valence-corrected chi connectivity index (χ2v) is 4.10. The molecule has 0 aliphatic heterocycles. The van der Waals surface area contributed by atoms with Crippen molar-refractivity contribution < 1.29 is 0 Å². The van der Waals surface area contributed by atoms with Crippen LogP contribution in [0.15, 0.2) is 24.5 Å². The lowest BCUT2D eigenvalue weighted by molar-refractivity contribution is 0.830. The molecule has 0 amide bonds. The van der Waals surface area contributed by atoms with Crippen molar-refractivity contribution >= 4 is 23.2 Å². The van der Waals surface area contributed by atoms with Crippen LogP contribution in [-0.4, -0.2) is 21.3 Å². The molecule has 0 fully saturated rings. The molecule has 6 heteroatoms. The predicted octanol–water partition coefficient (Wildman–Crippen LogP) is 2.08. The second-order valence-electron chi connectivity index (χ2n) is 3.25. The summed E-state index contributed by atoms with van der Waals surface area (Å²) < 4.78 is 1.79. The summed E-state index contributed by atoms with van der Waals surface area (Å²) in [7, 11) is 0. The number of hydrogen-bond acceptors (Lipinski definition) is 3. The number of rotatable bonds is 3. The highest BCUT2D eigenvalue weighted by molar-refractivity contribution is 6.34. The van der Waals surface area contributed by atoms with Crippen molar-refractivity contribution in [1.82, 2.24) is 14.8 Å². The van der Waals surface area contributed by atoms with E-state index in [0.29, 0.717) is 23.0 Å². The summed E-state index contributed by atoms with van der Waals surface area (Å²) in [5.41, 5.74) is 6.26. The standard InChI is InChI=1S/C10H10Cl2N4/c11-7-1-2-8(12)9(5-7)16-6-14-15-10(16)3-4-13/h1-2,5-6H,3-4,13H2. The molecular formula is C10H10Cl2N4. The first-order valence-corrected chi connectivity index (χ1v) is 5.52. The maximum Gasteiger partial charge on any atom is 0.138 e. The molecule has 0 spiro atoms. The fourth-order valence-electron chi connectivity index (χ4n) is 1.43. The van der Waals surface area contributed by atoms with Crippen molar-refractivity contribution in [2.75, 3.05) is 6.54 Å². The summed E-state index contributed by atoms with van der Waals surface area (Å²) in [6, 6.07) is 5.25. The van der Waals surface area contributed by atoms with Crippen LogP contribution in [-0.2, 0) is 6.42 Å². The molecule has 1 aromatic carbocycles. The first-order chi connectivity index (χ1) is 7.72. The zero-order valence-electron chi connectivity index (χ0n) is 8.40. The molecule has 0 aliphatic rings. The molecule has 16 heavy (non-hydrogen) atoms. The van der Waals surface area contributed by atoms with E-state index in [9.17, 15) is 0 Å². The van der Waals surface area contributed by atoms with Gasteiger partial charge in [-0.2, -0.15) is 0 Å². The van der Waals surface area contributed by atoms with Gasteiger partial charge in [0.05, 0.1) is 10.7 Å². The van der Waals surface area contributed by atoms with Crippen LogP contribution in [0.2, 0.25) is 10.0 Å². The lowest BCUT2D eigenvalue weighted by atomic mass is 10.3. The molecule has 1 aromatic heterocycles. The molecule has 84 valence electrons. The quantitative estimate of drug-likeness (QED) is 0.915. The molecule has 0 unspecified atom stereocenters. The third kappa shape index (κ3) is 2.19. The summed E-state index contributed by atoms with van der Waals surface area (Å²) >= 11 is 12.0. The van der Waals surface area contributed by atoms with Gasteiger partial charge in [-0.05, 0) is 24.7 Å². The van der Waals surface area contributed by atoms with Crippen LogP contribution in [0.5, 0.6) is 0 Å². The summed E-state index contributed by atoms with van der Waals surface area (Å²) in [5.74, 6) is 0.770. The molecule has 4 nitrogen and oxygen atoms in total. The lowest BCUT2D eigenvalue weighted by Gasteiger charge is -2.08. The van der Waals surface area contributed by atoms with Crippen LogP contribution in [0, 0.1) is 0 Å². The van der Waals surface area contributed by atoms with Crippen molar-refractivity contribution in [3.8, 4) is 5.69 Å². The molecular weight excluding hydrogens is 247 g/mol. The normalized spacial score (nSPS) is 10.7. The lowest BCUT2D eigenvalue weighted by Crippen LogP contribution is -2.08. The number of benzene rings is 1. The number of nitrogens with zero attached hydrogens (tertiary/aromatic N) is 3. The molecule has 1 heterocycles. The molecule has 0 radical (unpaired) electrons. The van der Waals surface area contributed by atoms with E-state index >= 15 is 0 Å². The predicted molar refractivity (Wildman–Crippen MR) is 64.1 cm³/mol. The first kappa shape index (κ1) is 11.4. The van der Waals surface area contributed by atoms with Crippen molar-refractivity contribution in [3.05, 3.63) is 40.4 Å². The minimum absolute atomic E-state index is 0.511. The largest absolute Gasteiger partial charge is 0.330 e. The topological polar surface area (TPSA) is 56.7 Å². The Bertz CT molecular complexity index is 495. The second kappa shape index (κ2) is 4.82. The van der Waals surface area contributed by atoms with Gasteiger partial charge in [-0.3, -0.25) is 4.57 Å². The Kier molecular flexibility index (Phi) is 3.43. The Morgan fingerprint density at radius 2 is 2.12 bits per heavy atom. The zero-order valence-corrected chi connectivity index (χ0v) is 9.91. The molecule has 2 aromatic rings. The number of aromatic nitrogens is 3. The Labute approximate surface area is 103 Å². The van der Waals surface area contributed by atoms with Gasteiger partial charge in [0.2, 0.25) is 0 Å². The number of halogens is 2. The average Bonchev–Trinajstić information content (AvgIpc) is 2.70. The first-order valence-electron chi connectivity index (χ1n) is 4.77. The van der Waals surface area contributed by atoms with Crippen LogP contribution in [0.25, 0.3) is 5.69 Å².